The lowest BCUT2D eigenvalue weighted by Gasteiger charge is -2.28. The van der Waals surface area contributed by atoms with Gasteiger partial charge in [0, 0.05) is 11.3 Å². The van der Waals surface area contributed by atoms with Gasteiger partial charge in [-0.05, 0) is 22.3 Å². The van der Waals surface area contributed by atoms with Crippen LogP contribution < -0.4 is 5.46 Å². The zero-order valence-electron chi connectivity index (χ0n) is 13.4. The molecule has 0 fully saturated rings. The molecule has 1 heterocycles. The largest absolute Gasteiger partial charge is 0.193 e. The zero-order valence-corrected chi connectivity index (χ0v) is 13.4. The van der Waals surface area contributed by atoms with E-state index >= 15 is 0 Å². The van der Waals surface area contributed by atoms with Gasteiger partial charge in [-0.25, -0.2) is 0 Å². The molecule has 0 spiro atoms. The minimum absolute atomic E-state index is 0.160. The van der Waals surface area contributed by atoms with Gasteiger partial charge >= 0.3 is 0 Å². The summed E-state index contributed by atoms with van der Waals surface area (Å²) in [6.45, 7) is 6.38. The number of hydrogen-bond acceptors (Lipinski definition) is 0. The highest BCUT2D eigenvalue weighted by Gasteiger charge is 2.45. The van der Waals surface area contributed by atoms with Crippen molar-refractivity contribution in [1.82, 2.24) is 0 Å². The molecule has 1 aliphatic heterocycles. The molecule has 4 aliphatic rings. The van der Waals surface area contributed by atoms with Gasteiger partial charge in [0.1, 0.15) is 0 Å². The van der Waals surface area contributed by atoms with E-state index in [9.17, 15) is 0 Å². The van der Waals surface area contributed by atoms with Crippen LogP contribution >= 0.6 is 0 Å². The zero-order chi connectivity index (χ0) is 15.3. The van der Waals surface area contributed by atoms with Crippen LogP contribution in [0.15, 0.2) is 77.3 Å². The smallest absolute Gasteiger partial charge is 0.0761 e. The fourth-order valence-corrected chi connectivity index (χ4v) is 4.03. The highest BCUT2D eigenvalue weighted by atomic mass is 14.5. The van der Waals surface area contributed by atoms with Crippen LogP contribution in [0, 0.1) is 11.3 Å². The fraction of sp³-hybridized carbons (Fsp3) is 0.238. The Morgan fingerprint density at radius 3 is 2.41 bits per heavy atom. The molecule has 2 atom stereocenters. The summed E-state index contributed by atoms with van der Waals surface area (Å²) >= 11 is 0. The summed E-state index contributed by atoms with van der Waals surface area (Å²) in [6.07, 6.45) is 14.1. The van der Waals surface area contributed by atoms with Crippen molar-refractivity contribution in [2.75, 3.05) is 0 Å². The first kappa shape index (κ1) is 13.6. The van der Waals surface area contributed by atoms with Crippen LogP contribution in [-0.4, -0.2) is 7.28 Å². The quantitative estimate of drug-likeness (QED) is 0.619. The molecule has 0 nitrogen and oxygen atoms in total. The third kappa shape index (κ3) is 1.60. The first-order chi connectivity index (χ1) is 10.8. The molecular weight excluding hydrogens is 263 g/mol. The SMILES string of the molecule is CC.C[C@@]12C3=CC4=C(C=C1C=CC2C=C3)c1ccccc1[B]4. The Hall–Kier alpha value is -2.02. The van der Waals surface area contributed by atoms with Crippen molar-refractivity contribution in [3.63, 3.8) is 0 Å². The van der Waals surface area contributed by atoms with Crippen LogP contribution in [0.3, 0.4) is 0 Å². The van der Waals surface area contributed by atoms with Crippen molar-refractivity contribution in [3.05, 3.63) is 82.9 Å². The van der Waals surface area contributed by atoms with Gasteiger partial charge in [0.15, 0.2) is 7.28 Å². The van der Waals surface area contributed by atoms with Crippen LogP contribution in [-0.2, 0) is 0 Å². The molecule has 0 amide bonds. The minimum atomic E-state index is 0.160. The van der Waals surface area contributed by atoms with Gasteiger partial charge in [-0.3, -0.25) is 0 Å². The molecule has 5 rings (SSSR count). The van der Waals surface area contributed by atoms with Gasteiger partial charge in [-0.1, -0.05) is 92.4 Å². The Morgan fingerprint density at radius 1 is 0.955 bits per heavy atom. The number of hydrogen-bond donors (Lipinski definition) is 0. The Morgan fingerprint density at radius 2 is 1.64 bits per heavy atom. The van der Waals surface area contributed by atoms with E-state index in [1.54, 1.807) is 0 Å². The van der Waals surface area contributed by atoms with Crippen LogP contribution in [0.4, 0.5) is 0 Å². The summed E-state index contributed by atoms with van der Waals surface area (Å²) in [7, 11) is 2.32. The molecule has 0 saturated carbocycles. The van der Waals surface area contributed by atoms with E-state index < -0.39 is 0 Å². The Kier molecular flexibility index (Phi) is 2.94. The first-order valence-corrected chi connectivity index (χ1v) is 8.26. The third-order valence-corrected chi connectivity index (χ3v) is 5.32. The lowest BCUT2D eigenvalue weighted by atomic mass is 9.65. The molecule has 1 radical (unpaired) electrons. The number of benzene rings is 1. The van der Waals surface area contributed by atoms with Gasteiger partial charge in [-0.2, -0.15) is 0 Å². The maximum atomic E-state index is 2.41. The summed E-state index contributed by atoms with van der Waals surface area (Å²) in [6, 6.07) is 8.69. The van der Waals surface area contributed by atoms with Gasteiger partial charge in [0.2, 0.25) is 0 Å². The van der Waals surface area contributed by atoms with E-state index in [-0.39, 0.29) is 5.41 Å². The second-order valence-electron chi connectivity index (χ2n) is 6.25. The van der Waals surface area contributed by atoms with Gasteiger partial charge in [0.25, 0.3) is 0 Å². The minimum Gasteiger partial charge on any atom is -0.0761 e. The van der Waals surface area contributed by atoms with Gasteiger partial charge in [-0.15, -0.1) is 0 Å². The summed E-state index contributed by atoms with van der Waals surface area (Å²) in [5.41, 5.74) is 8.53. The molecule has 3 aliphatic carbocycles. The van der Waals surface area contributed by atoms with E-state index in [4.69, 9.17) is 0 Å². The molecular formula is C21H20B. The van der Waals surface area contributed by atoms with Crippen molar-refractivity contribution < 1.29 is 0 Å². The topological polar surface area (TPSA) is 0 Å². The van der Waals surface area contributed by atoms with Crippen LogP contribution in [0.25, 0.3) is 5.57 Å². The first-order valence-electron chi connectivity index (χ1n) is 8.26. The normalized spacial score (nSPS) is 28.8. The molecule has 0 N–H and O–H groups in total. The maximum Gasteiger partial charge on any atom is 0.193 e. The molecule has 22 heavy (non-hydrogen) atoms. The maximum absolute atomic E-state index is 2.41. The standard InChI is InChI=1S/C19H14B.C2H6/c1-19-12-6-8-13(19)10-16-15-4-2-3-5-17(15)20-18(16)11-14(19)9-7-12;1-2/h2-12H,1H3;1-2H3/t12?,19-;/m0./s1. The van der Waals surface area contributed by atoms with E-state index in [1.807, 2.05) is 13.8 Å². The average Bonchev–Trinajstić information content (AvgIpc) is 3.13. The van der Waals surface area contributed by atoms with Crippen molar-refractivity contribution in [2.45, 2.75) is 20.8 Å². The molecule has 0 bridgehead atoms. The predicted molar refractivity (Wildman–Crippen MR) is 96.1 cm³/mol. The monoisotopic (exact) mass is 283 g/mol. The van der Waals surface area contributed by atoms with Gasteiger partial charge < -0.3 is 0 Å². The van der Waals surface area contributed by atoms with E-state index in [0.29, 0.717) is 5.92 Å². The molecule has 0 saturated heterocycles. The highest BCUT2D eigenvalue weighted by Crippen LogP contribution is 2.55. The summed E-state index contributed by atoms with van der Waals surface area (Å²) in [4.78, 5) is 0. The molecule has 1 aromatic rings. The molecule has 107 valence electrons. The molecule has 1 heteroatoms. The van der Waals surface area contributed by atoms with Crippen LogP contribution in [0.1, 0.15) is 26.3 Å². The van der Waals surface area contributed by atoms with Crippen molar-refractivity contribution in [3.8, 4) is 0 Å². The summed E-state index contributed by atoms with van der Waals surface area (Å²) in [5.74, 6) is 0.537. The van der Waals surface area contributed by atoms with E-state index in [2.05, 4.69) is 74.9 Å². The number of allylic oxidation sites excluding steroid dienone is 10. The van der Waals surface area contributed by atoms with Crippen LogP contribution in [0.2, 0.25) is 0 Å². The fourth-order valence-electron chi connectivity index (χ4n) is 4.03. The van der Waals surface area contributed by atoms with Crippen molar-refractivity contribution in [1.29, 1.82) is 0 Å². The highest BCUT2D eigenvalue weighted by molar-refractivity contribution is 6.67. The third-order valence-electron chi connectivity index (χ3n) is 5.32. The van der Waals surface area contributed by atoms with Crippen molar-refractivity contribution in [2.24, 2.45) is 11.3 Å². The number of fused-ring (bicyclic) bond motifs is 2. The summed E-state index contributed by atoms with van der Waals surface area (Å²) < 4.78 is 0. The predicted octanol–water partition coefficient (Wildman–Crippen LogP) is 4.40. The Balaban J connectivity index is 0.000000602. The van der Waals surface area contributed by atoms with E-state index in [1.165, 1.54) is 33.2 Å². The van der Waals surface area contributed by atoms with Crippen molar-refractivity contribution >= 4 is 18.3 Å². The number of rotatable bonds is 0. The second kappa shape index (κ2) is 4.74. The average molecular weight is 283 g/mol. The lowest BCUT2D eigenvalue weighted by molar-refractivity contribution is 0.463. The lowest BCUT2D eigenvalue weighted by Crippen LogP contribution is -2.21. The van der Waals surface area contributed by atoms with E-state index in [0.717, 1.165) is 0 Å². The second-order valence-corrected chi connectivity index (χ2v) is 6.25. The van der Waals surface area contributed by atoms with Gasteiger partial charge in [0.05, 0.1) is 0 Å². The Bertz CT molecular complexity index is 801. The molecule has 1 aromatic carbocycles. The molecule has 1 unspecified atom stereocenters. The van der Waals surface area contributed by atoms with Crippen LogP contribution in [0.5, 0.6) is 0 Å². The Labute approximate surface area is 133 Å². The summed E-state index contributed by atoms with van der Waals surface area (Å²) in [5, 5.41) is 0. The molecule has 0 aromatic heterocycles.